The minimum Gasteiger partial charge on any atom is -0.422 e. The van der Waals surface area contributed by atoms with E-state index in [0.717, 1.165) is 5.69 Å². The fourth-order valence-corrected chi connectivity index (χ4v) is 1.71. The highest BCUT2D eigenvalue weighted by Gasteiger charge is 2.06. The molecular weight excluding hydrogens is 268 g/mol. The van der Waals surface area contributed by atoms with Crippen molar-refractivity contribution in [1.29, 1.82) is 5.41 Å². The molecule has 21 heavy (non-hydrogen) atoms. The van der Waals surface area contributed by atoms with Crippen LogP contribution in [0.4, 0.5) is 0 Å². The van der Waals surface area contributed by atoms with Crippen LogP contribution in [0, 0.1) is 5.41 Å². The third-order valence-electron chi connectivity index (χ3n) is 2.71. The number of nitrogens with zero attached hydrogens (tertiary/aromatic N) is 4. The number of ether oxygens (including phenoxy) is 1. The van der Waals surface area contributed by atoms with E-state index in [9.17, 15) is 0 Å². The van der Waals surface area contributed by atoms with Crippen molar-refractivity contribution >= 4 is 5.84 Å². The number of rotatable bonds is 4. The Morgan fingerprint density at radius 1 is 1.10 bits per heavy atom. The van der Waals surface area contributed by atoms with Gasteiger partial charge in [-0.2, -0.15) is 4.98 Å². The van der Waals surface area contributed by atoms with Crippen molar-refractivity contribution in [2.24, 2.45) is 5.73 Å². The van der Waals surface area contributed by atoms with Gasteiger partial charge in [-0.1, -0.05) is 18.2 Å². The van der Waals surface area contributed by atoms with Gasteiger partial charge >= 0.3 is 6.01 Å². The van der Waals surface area contributed by atoms with Crippen LogP contribution < -0.4 is 10.5 Å². The summed E-state index contributed by atoms with van der Waals surface area (Å²) in [5.41, 5.74) is 6.62. The number of aromatic nitrogens is 4. The van der Waals surface area contributed by atoms with Gasteiger partial charge < -0.3 is 10.5 Å². The van der Waals surface area contributed by atoms with Crippen molar-refractivity contribution < 1.29 is 4.74 Å². The van der Waals surface area contributed by atoms with Gasteiger partial charge in [0.05, 0.1) is 11.9 Å². The highest BCUT2D eigenvalue weighted by molar-refractivity contribution is 5.92. The summed E-state index contributed by atoms with van der Waals surface area (Å²) in [7, 11) is 0. The Bertz CT molecular complexity index is 751. The lowest BCUT2D eigenvalue weighted by Crippen LogP contribution is -2.12. The number of hydrogen-bond donors (Lipinski definition) is 2. The van der Waals surface area contributed by atoms with E-state index in [-0.39, 0.29) is 11.8 Å². The van der Waals surface area contributed by atoms with Gasteiger partial charge in [-0.05, 0) is 24.3 Å². The van der Waals surface area contributed by atoms with Crippen molar-refractivity contribution in [3.05, 3.63) is 60.7 Å². The van der Waals surface area contributed by atoms with Gasteiger partial charge in [0.2, 0.25) is 0 Å². The summed E-state index contributed by atoms with van der Waals surface area (Å²) in [4.78, 5) is 8.08. The van der Waals surface area contributed by atoms with Crippen LogP contribution in [-0.4, -0.2) is 25.6 Å². The molecule has 0 radical (unpaired) electrons. The quantitative estimate of drug-likeness (QED) is 0.559. The fourth-order valence-electron chi connectivity index (χ4n) is 1.71. The average Bonchev–Trinajstić information content (AvgIpc) is 2.97. The minimum absolute atomic E-state index is 0.0898. The molecule has 3 N–H and O–H groups in total. The van der Waals surface area contributed by atoms with Gasteiger partial charge in [-0.15, -0.1) is 5.10 Å². The molecule has 0 amide bonds. The molecule has 7 heteroatoms. The first-order valence-corrected chi connectivity index (χ1v) is 6.18. The van der Waals surface area contributed by atoms with Gasteiger partial charge in [0.25, 0.3) is 0 Å². The molecule has 0 bridgehead atoms. The van der Waals surface area contributed by atoms with E-state index in [1.54, 1.807) is 23.1 Å². The molecule has 0 saturated heterocycles. The van der Waals surface area contributed by atoms with Crippen LogP contribution in [0.3, 0.4) is 0 Å². The van der Waals surface area contributed by atoms with Crippen LogP contribution in [0.15, 0.2) is 55.0 Å². The number of nitrogen functional groups attached to an aromatic ring is 1. The molecule has 7 nitrogen and oxygen atoms in total. The fraction of sp³-hybridized carbons (Fsp3) is 0. The molecular formula is C14H12N6O. The van der Waals surface area contributed by atoms with E-state index in [2.05, 4.69) is 15.1 Å². The van der Waals surface area contributed by atoms with Gasteiger partial charge in [-0.3, -0.25) is 5.41 Å². The molecule has 0 spiro atoms. The summed E-state index contributed by atoms with van der Waals surface area (Å²) in [5, 5.41) is 11.5. The Morgan fingerprint density at radius 2 is 1.90 bits per heavy atom. The van der Waals surface area contributed by atoms with E-state index in [1.165, 1.54) is 6.20 Å². The minimum atomic E-state index is -0.0898. The van der Waals surface area contributed by atoms with Crippen LogP contribution in [0.2, 0.25) is 0 Å². The highest BCUT2D eigenvalue weighted by Crippen LogP contribution is 2.17. The number of nitrogens with two attached hydrogens (primary N) is 1. The van der Waals surface area contributed by atoms with Gasteiger partial charge in [0, 0.05) is 0 Å². The first-order chi connectivity index (χ1) is 10.2. The predicted molar refractivity (Wildman–Crippen MR) is 76.7 cm³/mol. The van der Waals surface area contributed by atoms with Gasteiger partial charge in [0.1, 0.15) is 23.6 Å². The summed E-state index contributed by atoms with van der Waals surface area (Å²) in [6, 6.07) is 13.1. The molecule has 2 heterocycles. The predicted octanol–water partition coefficient (Wildman–Crippen LogP) is 1.74. The van der Waals surface area contributed by atoms with E-state index >= 15 is 0 Å². The zero-order valence-electron chi connectivity index (χ0n) is 11.0. The molecule has 2 aromatic heterocycles. The topological polar surface area (TPSA) is 103 Å². The monoisotopic (exact) mass is 280 g/mol. The number of nitrogens with one attached hydrogen (secondary N) is 1. The Hall–Kier alpha value is -3.22. The number of benzene rings is 1. The van der Waals surface area contributed by atoms with E-state index in [4.69, 9.17) is 15.9 Å². The molecule has 0 aliphatic rings. The zero-order valence-corrected chi connectivity index (χ0v) is 11.0. The lowest BCUT2D eigenvalue weighted by atomic mass is 10.3. The number of hydrogen-bond acceptors (Lipinski definition) is 5. The molecule has 1 aromatic carbocycles. The number of pyridine rings is 1. The molecule has 0 atom stereocenters. The van der Waals surface area contributed by atoms with Crippen LogP contribution in [0.25, 0.3) is 5.69 Å². The maximum atomic E-state index is 7.27. The van der Waals surface area contributed by atoms with Crippen molar-refractivity contribution in [3.63, 3.8) is 0 Å². The molecule has 0 fully saturated rings. The smallest absolute Gasteiger partial charge is 0.341 e. The maximum absolute atomic E-state index is 7.27. The maximum Gasteiger partial charge on any atom is 0.341 e. The molecule has 0 aliphatic heterocycles. The van der Waals surface area contributed by atoms with Crippen LogP contribution in [-0.2, 0) is 0 Å². The molecule has 3 rings (SSSR count). The Labute approximate surface area is 120 Å². The number of amidine groups is 1. The molecule has 0 saturated carbocycles. The largest absolute Gasteiger partial charge is 0.422 e. The summed E-state index contributed by atoms with van der Waals surface area (Å²) in [6.45, 7) is 0. The van der Waals surface area contributed by atoms with E-state index in [0.29, 0.717) is 11.4 Å². The molecule has 0 aliphatic carbocycles. The average molecular weight is 280 g/mol. The Morgan fingerprint density at radius 3 is 2.57 bits per heavy atom. The summed E-state index contributed by atoms with van der Waals surface area (Å²) >= 11 is 0. The van der Waals surface area contributed by atoms with Crippen LogP contribution in [0.5, 0.6) is 11.8 Å². The summed E-state index contributed by atoms with van der Waals surface area (Å²) in [6.07, 6.45) is 3.04. The van der Waals surface area contributed by atoms with Crippen LogP contribution >= 0.6 is 0 Å². The van der Waals surface area contributed by atoms with Gasteiger partial charge in [-0.25, -0.2) is 9.67 Å². The van der Waals surface area contributed by atoms with Crippen molar-refractivity contribution in [3.8, 4) is 17.4 Å². The molecule has 104 valence electrons. The lowest BCUT2D eigenvalue weighted by Gasteiger charge is -2.02. The number of para-hydroxylation sites is 1. The zero-order chi connectivity index (χ0) is 14.7. The summed E-state index contributed by atoms with van der Waals surface area (Å²) in [5.74, 6) is 0.388. The Kier molecular flexibility index (Phi) is 3.30. The third kappa shape index (κ3) is 2.86. The first-order valence-electron chi connectivity index (χ1n) is 6.18. The third-order valence-corrected chi connectivity index (χ3v) is 2.71. The second-order valence-electron chi connectivity index (χ2n) is 4.20. The standard InChI is InChI=1S/C14H12N6O/c15-13(16)12-7-6-11(8-17-12)21-14-18-9-20(19-14)10-4-2-1-3-5-10/h1-9H,(H3,15,16). The van der Waals surface area contributed by atoms with E-state index < -0.39 is 0 Å². The van der Waals surface area contributed by atoms with Crippen molar-refractivity contribution in [2.45, 2.75) is 0 Å². The van der Waals surface area contributed by atoms with Crippen molar-refractivity contribution in [1.82, 2.24) is 19.7 Å². The Balaban J connectivity index is 1.77. The van der Waals surface area contributed by atoms with Crippen molar-refractivity contribution in [2.75, 3.05) is 0 Å². The molecule has 0 unspecified atom stereocenters. The lowest BCUT2D eigenvalue weighted by molar-refractivity contribution is 0.439. The molecule has 3 aromatic rings. The second kappa shape index (κ2) is 5.41. The van der Waals surface area contributed by atoms with Crippen LogP contribution in [0.1, 0.15) is 5.69 Å². The normalized spacial score (nSPS) is 10.3. The summed E-state index contributed by atoms with van der Waals surface area (Å²) < 4.78 is 7.12. The van der Waals surface area contributed by atoms with Gasteiger partial charge in [0.15, 0.2) is 0 Å². The SMILES string of the molecule is N=C(N)c1ccc(Oc2ncn(-c3ccccc3)n2)cn1. The first kappa shape index (κ1) is 12.8. The van der Waals surface area contributed by atoms with E-state index in [1.807, 2.05) is 30.3 Å². The highest BCUT2D eigenvalue weighted by atomic mass is 16.5. The second-order valence-corrected chi connectivity index (χ2v) is 4.20.